The van der Waals surface area contributed by atoms with Crippen LogP contribution >= 0.6 is 0 Å². The lowest BCUT2D eigenvalue weighted by Crippen LogP contribution is -2.30. The molecule has 0 heterocycles. The summed E-state index contributed by atoms with van der Waals surface area (Å²) in [6.45, 7) is 0. The summed E-state index contributed by atoms with van der Waals surface area (Å²) in [6, 6.07) is 32.1. The van der Waals surface area contributed by atoms with E-state index in [9.17, 15) is 0 Å². The Morgan fingerprint density at radius 2 is 0.912 bits per heavy atom. The van der Waals surface area contributed by atoms with E-state index >= 15 is 0 Å². The molecule has 172 valence electrons. The molecule has 1 aliphatic rings. The zero-order valence-electron chi connectivity index (χ0n) is 19.2. The molecule has 0 spiro atoms. The van der Waals surface area contributed by atoms with Gasteiger partial charge in [-0.25, -0.2) is 0 Å². The number of benzene rings is 4. The van der Waals surface area contributed by atoms with Gasteiger partial charge < -0.3 is 20.9 Å². The molecule has 1 aliphatic carbocycles. The fraction of sp³-hybridized carbons (Fsp3) is 0.200. The van der Waals surface area contributed by atoms with Gasteiger partial charge in [-0.1, -0.05) is 67.8 Å². The van der Waals surface area contributed by atoms with Crippen LogP contribution in [0.3, 0.4) is 0 Å². The minimum atomic E-state index is -0.00708. The van der Waals surface area contributed by atoms with Crippen LogP contribution in [-0.4, -0.2) is 0 Å². The molecule has 34 heavy (non-hydrogen) atoms. The number of hydrogen-bond donors (Lipinski definition) is 2. The predicted octanol–water partition coefficient (Wildman–Crippen LogP) is 7.69. The molecule has 0 aromatic heterocycles. The van der Waals surface area contributed by atoms with Crippen molar-refractivity contribution in [2.24, 2.45) is 0 Å². The Hall–Kier alpha value is -3.92. The molecule has 0 amide bonds. The third-order valence-electron chi connectivity index (χ3n) is 6.81. The highest BCUT2D eigenvalue weighted by atomic mass is 16.5. The van der Waals surface area contributed by atoms with Gasteiger partial charge in [-0.3, -0.25) is 0 Å². The average Bonchev–Trinajstić information content (AvgIpc) is 2.88. The minimum Gasteiger partial charge on any atom is -0.455 e. The lowest BCUT2D eigenvalue weighted by Gasteiger charge is -2.38. The summed E-state index contributed by atoms with van der Waals surface area (Å²) in [5, 5.41) is 0. The van der Waals surface area contributed by atoms with Crippen LogP contribution in [0.4, 0.5) is 11.4 Å². The third kappa shape index (κ3) is 4.44. The number of para-hydroxylation sites is 4. The van der Waals surface area contributed by atoms with Gasteiger partial charge in [0.15, 0.2) is 0 Å². The molecule has 5 rings (SSSR count). The largest absolute Gasteiger partial charge is 0.455 e. The molecule has 0 radical (unpaired) electrons. The van der Waals surface area contributed by atoms with Crippen molar-refractivity contribution >= 4 is 11.4 Å². The molecule has 1 fully saturated rings. The van der Waals surface area contributed by atoms with Crippen molar-refractivity contribution in [1.29, 1.82) is 0 Å². The second-order valence-electron chi connectivity index (χ2n) is 8.97. The van der Waals surface area contributed by atoms with E-state index in [0.29, 0.717) is 22.9 Å². The van der Waals surface area contributed by atoms with Gasteiger partial charge in [0, 0.05) is 5.41 Å². The molecule has 0 bridgehead atoms. The van der Waals surface area contributed by atoms with Crippen molar-refractivity contribution in [3.8, 4) is 23.0 Å². The number of nitrogen functional groups attached to an aromatic ring is 2. The highest BCUT2D eigenvalue weighted by Gasteiger charge is 2.35. The zero-order valence-corrected chi connectivity index (χ0v) is 19.2. The van der Waals surface area contributed by atoms with Crippen molar-refractivity contribution in [2.45, 2.75) is 37.5 Å². The molecule has 4 N–H and O–H groups in total. The van der Waals surface area contributed by atoms with Crippen LogP contribution < -0.4 is 20.9 Å². The van der Waals surface area contributed by atoms with Crippen LogP contribution in [0.25, 0.3) is 0 Å². The van der Waals surface area contributed by atoms with Crippen LogP contribution in [0.5, 0.6) is 23.0 Å². The van der Waals surface area contributed by atoms with Gasteiger partial charge in [-0.05, 0) is 72.5 Å². The number of hydrogen-bond acceptors (Lipinski definition) is 4. The van der Waals surface area contributed by atoms with Crippen LogP contribution in [0.2, 0.25) is 0 Å². The zero-order chi connectivity index (χ0) is 23.4. The van der Waals surface area contributed by atoms with Crippen LogP contribution in [0.1, 0.15) is 43.2 Å². The number of anilines is 2. The summed E-state index contributed by atoms with van der Waals surface area (Å²) >= 11 is 0. The van der Waals surface area contributed by atoms with Gasteiger partial charge in [-0.2, -0.15) is 0 Å². The predicted molar refractivity (Wildman–Crippen MR) is 139 cm³/mol. The summed E-state index contributed by atoms with van der Waals surface area (Å²) in [7, 11) is 0. The summed E-state index contributed by atoms with van der Waals surface area (Å²) < 4.78 is 12.0. The van der Waals surface area contributed by atoms with E-state index in [1.165, 1.54) is 30.4 Å². The molecule has 1 saturated carbocycles. The molecule has 0 atom stereocenters. The van der Waals surface area contributed by atoms with Crippen molar-refractivity contribution in [1.82, 2.24) is 0 Å². The van der Waals surface area contributed by atoms with Gasteiger partial charge in [0.1, 0.15) is 23.0 Å². The monoisotopic (exact) mass is 450 g/mol. The Kier molecular flexibility index (Phi) is 6.13. The Bertz CT molecular complexity index is 1150. The fourth-order valence-electron chi connectivity index (χ4n) is 4.98. The molecule has 4 aromatic carbocycles. The smallest absolute Gasteiger partial charge is 0.150 e. The Morgan fingerprint density at radius 3 is 1.32 bits per heavy atom. The summed E-state index contributed by atoms with van der Waals surface area (Å²) in [5.74, 6) is 2.93. The van der Waals surface area contributed by atoms with E-state index < -0.39 is 0 Å². The quantitative estimate of drug-likeness (QED) is 0.295. The van der Waals surface area contributed by atoms with Gasteiger partial charge in [0.25, 0.3) is 0 Å². The van der Waals surface area contributed by atoms with Crippen molar-refractivity contribution in [2.75, 3.05) is 11.5 Å². The molecular formula is C30H30N2O2. The fourth-order valence-corrected chi connectivity index (χ4v) is 4.98. The first-order chi connectivity index (χ1) is 16.6. The summed E-state index contributed by atoms with van der Waals surface area (Å²) in [5.41, 5.74) is 16.0. The molecule has 4 nitrogen and oxygen atoms in total. The number of rotatable bonds is 6. The van der Waals surface area contributed by atoms with E-state index in [1.54, 1.807) is 0 Å². The van der Waals surface area contributed by atoms with E-state index in [1.807, 2.05) is 72.8 Å². The number of ether oxygens (including phenoxy) is 2. The highest BCUT2D eigenvalue weighted by molar-refractivity contribution is 5.55. The third-order valence-corrected chi connectivity index (χ3v) is 6.81. The molecule has 0 saturated heterocycles. The van der Waals surface area contributed by atoms with E-state index in [0.717, 1.165) is 24.3 Å². The lowest BCUT2D eigenvalue weighted by atomic mass is 9.65. The van der Waals surface area contributed by atoms with Gasteiger partial charge in [0.2, 0.25) is 0 Å². The Balaban J connectivity index is 1.40. The number of nitrogens with two attached hydrogens (primary N) is 2. The SMILES string of the molecule is Nc1ccccc1Oc1ccc(C2(c3ccc(Oc4ccccc4N)cc3)CCCCC2)cc1. The molecule has 4 aromatic rings. The molecular weight excluding hydrogens is 420 g/mol. The Morgan fingerprint density at radius 1 is 0.500 bits per heavy atom. The minimum absolute atomic E-state index is 0.00708. The van der Waals surface area contributed by atoms with E-state index in [4.69, 9.17) is 20.9 Å². The first kappa shape index (κ1) is 21.9. The maximum Gasteiger partial charge on any atom is 0.150 e. The maximum atomic E-state index is 6.04. The van der Waals surface area contributed by atoms with Crippen molar-refractivity contribution in [3.63, 3.8) is 0 Å². The van der Waals surface area contributed by atoms with E-state index in [-0.39, 0.29) is 5.41 Å². The second-order valence-corrected chi connectivity index (χ2v) is 8.97. The van der Waals surface area contributed by atoms with Crippen LogP contribution in [-0.2, 0) is 5.41 Å². The van der Waals surface area contributed by atoms with Crippen LogP contribution in [0.15, 0.2) is 97.1 Å². The first-order valence-electron chi connectivity index (χ1n) is 11.9. The first-order valence-corrected chi connectivity index (χ1v) is 11.9. The Labute approximate surface area is 201 Å². The van der Waals surface area contributed by atoms with Gasteiger partial charge >= 0.3 is 0 Å². The van der Waals surface area contributed by atoms with Gasteiger partial charge in [-0.15, -0.1) is 0 Å². The normalized spacial score (nSPS) is 14.9. The molecule has 0 aliphatic heterocycles. The van der Waals surface area contributed by atoms with Crippen molar-refractivity contribution in [3.05, 3.63) is 108 Å². The second kappa shape index (κ2) is 9.52. The van der Waals surface area contributed by atoms with E-state index in [2.05, 4.69) is 24.3 Å². The average molecular weight is 451 g/mol. The summed E-state index contributed by atoms with van der Waals surface area (Å²) in [4.78, 5) is 0. The van der Waals surface area contributed by atoms with Crippen molar-refractivity contribution < 1.29 is 9.47 Å². The van der Waals surface area contributed by atoms with Crippen LogP contribution in [0, 0.1) is 0 Å². The maximum absolute atomic E-state index is 6.04. The van der Waals surface area contributed by atoms with Gasteiger partial charge in [0.05, 0.1) is 11.4 Å². The highest BCUT2D eigenvalue weighted by Crippen LogP contribution is 2.46. The lowest BCUT2D eigenvalue weighted by molar-refractivity contribution is 0.345. The summed E-state index contributed by atoms with van der Waals surface area (Å²) in [6.07, 6.45) is 5.98. The standard InChI is InChI=1S/C30H30N2O2/c31-26-8-2-4-10-28(26)33-24-16-12-22(13-17-24)30(20-6-1-7-21-30)23-14-18-25(19-15-23)34-29-11-5-3-9-27(29)32/h2-5,8-19H,1,6-7,20-21,31-32H2. The topological polar surface area (TPSA) is 70.5 Å². The molecule has 0 unspecified atom stereocenters. The molecule has 4 heteroatoms.